The van der Waals surface area contributed by atoms with Crippen molar-refractivity contribution in [1.82, 2.24) is 19.6 Å². The van der Waals surface area contributed by atoms with Crippen LogP contribution in [0.2, 0.25) is 0 Å². The maximum absolute atomic E-state index is 12.7. The van der Waals surface area contributed by atoms with E-state index in [4.69, 9.17) is 0 Å². The van der Waals surface area contributed by atoms with Gasteiger partial charge in [0.2, 0.25) is 5.78 Å². The minimum absolute atomic E-state index is 0.232. The number of nitrogens with one attached hydrogen (secondary N) is 2. The Morgan fingerprint density at radius 1 is 1.25 bits per heavy atom. The van der Waals surface area contributed by atoms with E-state index in [1.54, 1.807) is 12.1 Å². The zero-order valence-corrected chi connectivity index (χ0v) is 13.1. The molecule has 0 unspecified atom stereocenters. The molecule has 2 heterocycles. The summed E-state index contributed by atoms with van der Waals surface area (Å²) in [5, 5.41) is 5.62. The number of anilines is 1. The molecule has 0 saturated heterocycles. The van der Waals surface area contributed by atoms with Gasteiger partial charge < -0.3 is 5.32 Å². The zero-order chi connectivity index (χ0) is 17.5. The van der Waals surface area contributed by atoms with Gasteiger partial charge in [-0.15, -0.1) is 5.10 Å². The zero-order valence-electron chi connectivity index (χ0n) is 11.6. The summed E-state index contributed by atoms with van der Waals surface area (Å²) in [4.78, 5) is 29.0. The largest absolute Gasteiger partial charge is 0.453 e. The number of aromatic nitrogens is 4. The molecule has 3 aromatic rings. The van der Waals surface area contributed by atoms with Crippen LogP contribution in [-0.4, -0.2) is 25.5 Å². The summed E-state index contributed by atoms with van der Waals surface area (Å²) in [6, 6.07) is 7.18. The highest BCUT2D eigenvalue weighted by molar-refractivity contribution is 9.10. The average molecular weight is 402 g/mol. The smallest absolute Gasteiger partial charge is 0.306 e. The number of amides is 1. The number of nitrogens with zero attached hydrogens (tertiary/aromatic N) is 3. The molecule has 0 atom stereocenters. The second kappa shape index (κ2) is 5.74. The molecule has 0 radical (unpaired) electrons. The lowest BCUT2D eigenvalue weighted by Gasteiger charge is -2.06. The van der Waals surface area contributed by atoms with E-state index < -0.39 is 29.2 Å². The van der Waals surface area contributed by atoms with Crippen molar-refractivity contribution in [3.63, 3.8) is 0 Å². The predicted octanol–water partition coefficient (Wildman–Crippen LogP) is 2.45. The highest BCUT2D eigenvalue weighted by Crippen LogP contribution is 2.26. The van der Waals surface area contributed by atoms with E-state index in [1.165, 1.54) is 12.1 Å². The lowest BCUT2D eigenvalue weighted by Crippen LogP contribution is -2.18. The summed E-state index contributed by atoms with van der Waals surface area (Å²) in [7, 11) is 0. The Morgan fingerprint density at radius 3 is 2.54 bits per heavy atom. The Labute approximate surface area is 139 Å². The van der Waals surface area contributed by atoms with Gasteiger partial charge >= 0.3 is 6.18 Å². The molecule has 1 amide bonds. The summed E-state index contributed by atoms with van der Waals surface area (Å²) in [6.07, 6.45) is -4.78. The maximum Gasteiger partial charge on any atom is 0.453 e. The number of carbonyl (C=O) groups is 1. The molecule has 2 aromatic heterocycles. The van der Waals surface area contributed by atoms with Crippen LogP contribution in [0.5, 0.6) is 0 Å². The maximum atomic E-state index is 12.7. The molecule has 0 aliphatic carbocycles. The monoisotopic (exact) mass is 401 g/mol. The summed E-state index contributed by atoms with van der Waals surface area (Å²) in [5.41, 5.74) is -0.475. The van der Waals surface area contributed by atoms with Crippen LogP contribution in [0.1, 0.15) is 16.2 Å². The molecule has 2 N–H and O–H groups in total. The van der Waals surface area contributed by atoms with Crippen molar-refractivity contribution in [2.45, 2.75) is 6.18 Å². The molecule has 24 heavy (non-hydrogen) atoms. The number of rotatable bonds is 2. The van der Waals surface area contributed by atoms with Gasteiger partial charge in [0.15, 0.2) is 0 Å². The van der Waals surface area contributed by atoms with Crippen LogP contribution in [0.3, 0.4) is 0 Å². The van der Waals surface area contributed by atoms with Gasteiger partial charge in [-0.3, -0.25) is 14.6 Å². The third-order valence-corrected chi connectivity index (χ3v) is 3.47. The summed E-state index contributed by atoms with van der Waals surface area (Å²) >= 11 is 3.22. The number of hydrogen-bond donors (Lipinski definition) is 2. The first kappa shape index (κ1) is 16.2. The van der Waals surface area contributed by atoms with Crippen molar-refractivity contribution in [1.29, 1.82) is 0 Å². The van der Waals surface area contributed by atoms with Gasteiger partial charge in [-0.1, -0.05) is 15.9 Å². The van der Waals surface area contributed by atoms with Gasteiger partial charge in [0, 0.05) is 16.1 Å². The Balaban J connectivity index is 2.02. The Bertz CT molecular complexity index is 978. The van der Waals surface area contributed by atoms with Crippen LogP contribution in [0.15, 0.2) is 39.6 Å². The molecule has 0 aliphatic rings. The predicted molar refractivity (Wildman–Crippen MR) is 80.7 cm³/mol. The molecular formula is C13H7BrF3N5O2. The quantitative estimate of drug-likeness (QED) is 0.689. The fourth-order valence-corrected chi connectivity index (χ4v) is 2.16. The second-order valence-electron chi connectivity index (χ2n) is 4.65. The first-order chi connectivity index (χ1) is 11.2. The molecular weight excluding hydrogens is 395 g/mol. The van der Waals surface area contributed by atoms with Gasteiger partial charge in [0.1, 0.15) is 5.82 Å². The normalized spacial score (nSPS) is 11.7. The van der Waals surface area contributed by atoms with Crippen LogP contribution in [0.25, 0.3) is 5.78 Å². The van der Waals surface area contributed by atoms with E-state index in [2.05, 4.69) is 36.3 Å². The highest BCUT2D eigenvalue weighted by atomic mass is 79.9. The molecule has 3 rings (SSSR count). The summed E-state index contributed by atoms with van der Waals surface area (Å²) < 4.78 is 39.6. The van der Waals surface area contributed by atoms with Crippen molar-refractivity contribution < 1.29 is 18.0 Å². The Kier molecular flexibility index (Phi) is 3.87. The lowest BCUT2D eigenvalue weighted by molar-refractivity contribution is -0.144. The first-order valence-electron chi connectivity index (χ1n) is 6.38. The SMILES string of the molecule is O=C(Nc1cc(=O)[nH]c2nc(C(F)(F)F)nn12)c1ccc(Br)cc1. The minimum atomic E-state index is -4.78. The van der Waals surface area contributed by atoms with E-state index in [9.17, 15) is 22.8 Å². The second-order valence-corrected chi connectivity index (χ2v) is 5.56. The van der Waals surface area contributed by atoms with Crippen molar-refractivity contribution >= 4 is 33.4 Å². The highest BCUT2D eigenvalue weighted by Gasteiger charge is 2.36. The molecule has 0 fully saturated rings. The van der Waals surface area contributed by atoms with Crippen molar-refractivity contribution in [3.05, 3.63) is 56.5 Å². The fraction of sp³-hybridized carbons (Fsp3) is 0.0769. The lowest BCUT2D eigenvalue weighted by atomic mass is 10.2. The van der Waals surface area contributed by atoms with Crippen LogP contribution in [-0.2, 0) is 6.18 Å². The molecule has 0 saturated carbocycles. The number of hydrogen-bond acceptors (Lipinski definition) is 4. The van der Waals surface area contributed by atoms with Gasteiger partial charge in [-0.25, -0.2) is 0 Å². The van der Waals surface area contributed by atoms with Gasteiger partial charge in [-0.2, -0.15) is 22.7 Å². The molecule has 7 nitrogen and oxygen atoms in total. The molecule has 11 heteroatoms. The molecule has 1 aromatic carbocycles. The molecule has 0 spiro atoms. The Morgan fingerprint density at radius 2 is 1.92 bits per heavy atom. The van der Waals surface area contributed by atoms with Crippen LogP contribution in [0, 0.1) is 0 Å². The topological polar surface area (TPSA) is 92.1 Å². The van der Waals surface area contributed by atoms with Crippen molar-refractivity contribution in [2.24, 2.45) is 0 Å². The van der Waals surface area contributed by atoms with E-state index >= 15 is 0 Å². The van der Waals surface area contributed by atoms with Gasteiger partial charge in [0.25, 0.3) is 17.3 Å². The molecule has 0 bridgehead atoms. The van der Waals surface area contributed by atoms with Gasteiger partial charge in [-0.05, 0) is 24.3 Å². The van der Waals surface area contributed by atoms with E-state index in [1.807, 2.05) is 0 Å². The number of fused-ring (bicyclic) bond motifs is 1. The third kappa shape index (κ3) is 3.15. The van der Waals surface area contributed by atoms with E-state index in [0.29, 0.717) is 4.52 Å². The average Bonchev–Trinajstić information content (AvgIpc) is 2.92. The molecule has 124 valence electrons. The van der Waals surface area contributed by atoms with Crippen LogP contribution in [0.4, 0.5) is 19.0 Å². The van der Waals surface area contributed by atoms with E-state index in [0.717, 1.165) is 10.5 Å². The fourth-order valence-electron chi connectivity index (χ4n) is 1.89. The van der Waals surface area contributed by atoms with Crippen LogP contribution >= 0.6 is 15.9 Å². The van der Waals surface area contributed by atoms with Crippen LogP contribution < -0.4 is 10.9 Å². The Hall–Kier alpha value is -2.69. The molecule has 0 aliphatic heterocycles. The number of aromatic amines is 1. The number of alkyl halides is 3. The minimum Gasteiger partial charge on any atom is -0.306 e. The summed E-state index contributed by atoms with van der Waals surface area (Å²) in [6.45, 7) is 0. The number of benzene rings is 1. The van der Waals surface area contributed by atoms with Crippen molar-refractivity contribution in [2.75, 3.05) is 5.32 Å². The number of carbonyl (C=O) groups excluding carboxylic acids is 1. The van der Waals surface area contributed by atoms with Crippen molar-refractivity contribution in [3.8, 4) is 0 Å². The van der Waals surface area contributed by atoms with E-state index in [-0.39, 0.29) is 11.4 Å². The summed E-state index contributed by atoms with van der Waals surface area (Å²) in [5.74, 6) is -2.70. The van der Waals surface area contributed by atoms with Gasteiger partial charge in [0.05, 0.1) is 0 Å². The first-order valence-corrected chi connectivity index (χ1v) is 7.17. The third-order valence-electron chi connectivity index (χ3n) is 2.94. The standard InChI is InChI=1S/C13H7BrF3N5O2/c14-7-3-1-6(2-4-7)10(24)18-8-5-9(23)19-12-20-11(13(15,16)17)21-22(8)12/h1-5H,(H,18,24)(H,19,20,21,23). The number of halogens is 4. The number of H-pyrrole nitrogens is 1.